The van der Waals surface area contributed by atoms with E-state index in [2.05, 4.69) is 36.1 Å². The normalized spacial score (nSPS) is 23.5. The molecule has 4 nitrogen and oxygen atoms in total. The summed E-state index contributed by atoms with van der Waals surface area (Å²) in [5.74, 6) is 0. The molecule has 0 amide bonds. The van der Waals surface area contributed by atoms with Crippen molar-refractivity contribution in [1.82, 2.24) is 15.1 Å². The summed E-state index contributed by atoms with van der Waals surface area (Å²) >= 11 is 0. The predicted molar refractivity (Wildman–Crippen MR) is 72.3 cm³/mol. The van der Waals surface area contributed by atoms with E-state index in [0.29, 0.717) is 6.04 Å². The number of aliphatic hydroxyl groups excluding tert-OH is 1. The fourth-order valence-corrected chi connectivity index (χ4v) is 2.58. The van der Waals surface area contributed by atoms with Crippen LogP contribution in [0.3, 0.4) is 0 Å². The number of likely N-dealkylation sites (tertiary alicyclic amines) is 1. The van der Waals surface area contributed by atoms with Crippen molar-refractivity contribution in [1.29, 1.82) is 0 Å². The van der Waals surface area contributed by atoms with Crippen LogP contribution < -0.4 is 5.32 Å². The smallest absolute Gasteiger partial charge is 0.0597 e. The van der Waals surface area contributed by atoms with Crippen LogP contribution in [0.5, 0.6) is 0 Å². The topological polar surface area (TPSA) is 38.7 Å². The molecule has 0 radical (unpaired) electrons. The Kier molecular flexibility index (Phi) is 7.04. The molecule has 1 saturated heterocycles. The van der Waals surface area contributed by atoms with E-state index in [1.54, 1.807) is 0 Å². The Balaban J connectivity index is 2.36. The molecule has 0 aromatic heterocycles. The summed E-state index contributed by atoms with van der Waals surface area (Å²) in [5, 5.41) is 12.8. The first-order valence-corrected chi connectivity index (χ1v) is 6.90. The van der Waals surface area contributed by atoms with Crippen LogP contribution in [-0.2, 0) is 0 Å². The van der Waals surface area contributed by atoms with Gasteiger partial charge < -0.3 is 15.3 Å². The SMILES string of the molecule is CCCNC(CO)CN1CCCC1CN(C)C. The second kappa shape index (κ2) is 8.03. The van der Waals surface area contributed by atoms with Crippen LogP contribution in [0.4, 0.5) is 0 Å². The van der Waals surface area contributed by atoms with Crippen LogP contribution in [0.2, 0.25) is 0 Å². The van der Waals surface area contributed by atoms with Gasteiger partial charge in [0.25, 0.3) is 0 Å². The molecular formula is C13H29N3O. The molecular weight excluding hydrogens is 214 g/mol. The van der Waals surface area contributed by atoms with Gasteiger partial charge in [0.15, 0.2) is 0 Å². The molecule has 0 aromatic carbocycles. The second-order valence-electron chi connectivity index (χ2n) is 5.39. The lowest BCUT2D eigenvalue weighted by atomic mass is 10.2. The third kappa shape index (κ3) is 5.34. The molecule has 2 N–H and O–H groups in total. The Morgan fingerprint density at radius 1 is 1.47 bits per heavy atom. The van der Waals surface area contributed by atoms with Gasteiger partial charge in [0.1, 0.15) is 0 Å². The monoisotopic (exact) mass is 243 g/mol. The zero-order valence-corrected chi connectivity index (χ0v) is 11.7. The zero-order chi connectivity index (χ0) is 12.7. The van der Waals surface area contributed by atoms with E-state index >= 15 is 0 Å². The minimum Gasteiger partial charge on any atom is -0.395 e. The van der Waals surface area contributed by atoms with E-state index in [-0.39, 0.29) is 12.6 Å². The zero-order valence-electron chi connectivity index (χ0n) is 11.7. The fraction of sp³-hybridized carbons (Fsp3) is 1.00. The van der Waals surface area contributed by atoms with Crippen LogP contribution in [0.15, 0.2) is 0 Å². The number of nitrogens with zero attached hydrogens (tertiary/aromatic N) is 2. The van der Waals surface area contributed by atoms with E-state index in [9.17, 15) is 5.11 Å². The van der Waals surface area contributed by atoms with Crippen molar-refractivity contribution in [2.24, 2.45) is 0 Å². The van der Waals surface area contributed by atoms with Crippen LogP contribution in [0, 0.1) is 0 Å². The molecule has 0 saturated carbocycles. The highest BCUT2D eigenvalue weighted by Crippen LogP contribution is 2.17. The van der Waals surface area contributed by atoms with E-state index in [1.807, 2.05) is 0 Å². The van der Waals surface area contributed by atoms with Crippen LogP contribution >= 0.6 is 0 Å². The second-order valence-corrected chi connectivity index (χ2v) is 5.39. The Hall–Kier alpha value is -0.160. The lowest BCUT2D eigenvalue weighted by Gasteiger charge is -2.30. The van der Waals surface area contributed by atoms with Gasteiger partial charge in [-0.1, -0.05) is 6.92 Å². The third-order valence-electron chi connectivity index (χ3n) is 3.43. The Morgan fingerprint density at radius 3 is 2.82 bits per heavy atom. The number of rotatable bonds is 8. The lowest BCUT2D eigenvalue weighted by molar-refractivity contribution is 0.156. The molecule has 2 atom stereocenters. The van der Waals surface area contributed by atoms with Gasteiger partial charge in [0, 0.05) is 25.2 Å². The van der Waals surface area contributed by atoms with E-state index in [4.69, 9.17) is 0 Å². The van der Waals surface area contributed by atoms with Crippen molar-refractivity contribution < 1.29 is 5.11 Å². The molecule has 2 unspecified atom stereocenters. The van der Waals surface area contributed by atoms with Crippen molar-refractivity contribution >= 4 is 0 Å². The van der Waals surface area contributed by atoms with Gasteiger partial charge in [-0.25, -0.2) is 0 Å². The largest absolute Gasteiger partial charge is 0.395 e. The summed E-state index contributed by atoms with van der Waals surface area (Å²) < 4.78 is 0. The van der Waals surface area contributed by atoms with Crippen molar-refractivity contribution in [2.45, 2.75) is 38.3 Å². The molecule has 0 spiro atoms. The van der Waals surface area contributed by atoms with Crippen LogP contribution in [0.1, 0.15) is 26.2 Å². The van der Waals surface area contributed by atoms with Crippen LogP contribution in [0.25, 0.3) is 0 Å². The average molecular weight is 243 g/mol. The Bertz CT molecular complexity index is 199. The fourth-order valence-electron chi connectivity index (χ4n) is 2.58. The van der Waals surface area contributed by atoms with E-state index < -0.39 is 0 Å². The molecule has 0 aromatic rings. The number of hydrogen-bond acceptors (Lipinski definition) is 4. The van der Waals surface area contributed by atoms with Crippen molar-refractivity contribution in [3.63, 3.8) is 0 Å². The number of nitrogens with one attached hydrogen (secondary N) is 1. The highest BCUT2D eigenvalue weighted by Gasteiger charge is 2.26. The van der Waals surface area contributed by atoms with Gasteiger partial charge in [0.2, 0.25) is 0 Å². The molecule has 4 heteroatoms. The quantitative estimate of drug-likeness (QED) is 0.646. The summed E-state index contributed by atoms with van der Waals surface area (Å²) in [6.07, 6.45) is 3.71. The van der Waals surface area contributed by atoms with Crippen molar-refractivity contribution in [3.8, 4) is 0 Å². The lowest BCUT2D eigenvalue weighted by Crippen LogP contribution is -2.47. The molecule has 17 heavy (non-hydrogen) atoms. The van der Waals surface area contributed by atoms with Gasteiger partial charge in [0.05, 0.1) is 6.61 Å². The highest BCUT2D eigenvalue weighted by atomic mass is 16.3. The maximum absolute atomic E-state index is 9.38. The number of hydrogen-bond donors (Lipinski definition) is 2. The first-order valence-electron chi connectivity index (χ1n) is 6.90. The van der Waals surface area contributed by atoms with E-state index in [0.717, 1.165) is 26.1 Å². The van der Waals surface area contributed by atoms with Crippen molar-refractivity contribution in [3.05, 3.63) is 0 Å². The molecule has 0 aliphatic carbocycles. The summed E-state index contributed by atoms with van der Waals surface area (Å²) in [6.45, 7) is 6.69. The minimum absolute atomic E-state index is 0.234. The van der Waals surface area contributed by atoms with Gasteiger partial charge >= 0.3 is 0 Å². The molecule has 102 valence electrons. The molecule has 1 aliphatic heterocycles. The first kappa shape index (κ1) is 14.9. The number of aliphatic hydroxyl groups is 1. The van der Waals surface area contributed by atoms with Crippen molar-refractivity contribution in [2.75, 3.05) is 46.9 Å². The van der Waals surface area contributed by atoms with E-state index in [1.165, 1.54) is 19.4 Å². The standard InChI is InChI=1S/C13H29N3O/c1-4-7-14-12(11-17)9-16-8-5-6-13(16)10-15(2)3/h12-14,17H,4-11H2,1-3H3. The molecule has 1 fully saturated rings. The number of likely N-dealkylation sites (N-methyl/N-ethyl adjacent to an activating group) is 1. The predicted octanol–water partition coefficient (Wildman–Crippen LogP) is 0.373. The van der Waals surface area contributed by atoms with Gasteiger partial charge in [-0.05, 0) is 46.4 Å². The maximum atomic E-state index is 9.38. The summed E-state index contributed by atoms with van der Waals surface area (Å²) in [5.41, 5.74) is 0. The van der Waals surface area contributed by atoms with Gasteiger partial charge in [-0.3, -0.25) is 4.90 Å². The molecule has 0 bridgehead atoms. The Morgan fingerprint density at radius 2 is 2.24 bits per heavy atom. The highest BCUT2D eigenvalue weighted by molar-refractivity contribution is 4.84. The average Bonchev–Trinajstić information content (AvgIpc) is 2.70. The maximum Gasteiger partial charge on any atom is 0.0597 e. The Labute approximate surface area is 106 Å². The summed E-state index contributed by atoms with van der Waals surface area (Å²) in [6, 6.07) is 0.903. The summed E-state index contributed by atoms with van der Waals surface area (Å²) in [7, 11) is 4.27. The van der Waals surface area contributed by atoms with Gasteiger partial charge in [-0.2, -0.15) is 0 Å². The molecule has 1 aliphatic rings. The molecule has 1 heterocycles. The molecule has 1 rings (SSSR count). The first-order chi connectivity index (χ1) is 8.17. The minimum atomic E-state index is 0.234. The third-order valence-corrected chi connectivity index (χ3v) is 3.43. The van der Waals surface area contributed by atoms with Crippen LogP contribution in [-0.4, -0.2) is 73.9 Å². The van der Waals surface area contributed by atoms with Gasteiger partial charge in [-0.15, -0.1) is 0 Å². The summed E-state index contributed by atoms with van der Waals surface area (Å²) in [4.78, 5) is 4.79.